The molecule has 2 rings (SSSR count). The molecular weight excluding hydrogens is 343 g/mol. The molecule has 0 aromatic heterocycles. The van der Waals surface area contributed by atoms with Crippen LogP contribution in [-0.2, 0) is 0 Å². The van der Waals surface area contributed by atoms with E-state index >= 15 is 0 Å². The molecule has 0 N–H and O–H groups in total. The molecule has 0 bridgehead atoms. The molecule has 1 atom stereocenters. The third-order valence-electron chi connectivity index (χ3n) is 4.95. The van der Waals surface area contributed by atoms with Crippen LogP contribution >= 0.6 is 0 Å². The van der Waals surface area contributed by atoms with E-state index in [-0.39, 0.29) is 11.7 Å². The van der Waals surface area contributed by atoms with Gasteiger partial charge in [0.25, 0.3) is 0 Å². The fraction of sp³-hybridized carbons (Fsp3) is 0.407. The summed E-state index contributed by atoms with van der Waals surface area (Å²) in [5.74, 6) is 1.00. The third kappa shape index (κ3) is 7.84. The number of hydrogen-bond acceptors (Lipinski definition) is 0. The van der Waals surface area contributed by atoms with Crippen molar-refractivity contribution < 1.29 is 4.39 Å². The Morgan fingerprint density at radius 2 is 1.86 bits per heavy atom. The lowest BCUT2D eigenvalue weighted by Gasteiger charge is -2.24. The summed E-state index contributed by atoms with van der Waals surface area (Å²) < 4.78 is 13.7. The molecule has 1 heteroatoms. The van der Waals surface area contributed by atoms with Gasteiger partial charge in [0.1, 0.15) is 5.83 Å². The summed E-state index contributed by atoms with van der Waals surface area (Å²) in [4.78, 5) is 0. The molecule has 28 heavy (non-hydrogen) atoms. The molecule has 1 aliphatic rings. The van der Waals surface area contributed by atoms with E-state index in [0.717, 1.165) is 41.0 Å². The zero-order valence-electron chi connectivity index (χ0n) is 18.3. The molecule has 0 spiro atoms. The van der Waals surface area contributed by atoms with Crippen molar-refractivity contribution in [3.8, 4) is 0 Å². The largest absolute Gasteiger partial charge is 0.212 e. The van der Waals surface area contributed by atoms with Crippen molar-refractivity contribution in [2.45, 2.75) is 60.3 Å². The second-order valence-electron chi connectivity index (χ2n) is 7.62. The molecule has 1 unspecified atom stereocenters. The van der Waals surface area contributed by atoms with Gasteiger partial charge in [0.2, 0.25) is 0 Å². The van der Waals surface area contributed by atoms with Crippen LogP contribution in [0.4, 0.5) is 4.39 Å². The molecular formula is C27H37F. The minimum atomic E-state index is -0.0433. The third-order valence-corrected chi connectivity index (χ3v) is 4.95. The summed E-state index contributed by atoms with van der Waals surface area (Å²) in [7, 11) is 0. The topological polar surface area (TPSA) is 0 Å². The first-order valence-electron chi connectivity index (χ1n) is 10.6. The number of halogens is 1. The summed E-state index contributed by atoms with van der Waals surface area (Å²) in [5, 5.41) is 0. The average molecular weight is 381 g/mol. The van der Waals surface area contributed by atoms with Crippen molar-refractivity contribution in [2.24, 2.45) is 11.8 Å². The first kappa shape index (κ1) is 23.9. The van der Waals surface area contributed by atoms with Crippen molar-refractivity contribution in [1.82, 2.24) is 0 Å². The van der Waals surface area contributed by atoms with E-state index in [0.29, 0.717) is 6.42 Å². The highest BCUT2D eigenvalue weighted by Crippen LogP contribution is 2.38. The second kappa shape index (κ2) is 13.1. The normalized spacial score (nSPS) is 16.8. The van der Waals surface area contributed by atoms with Crippen LogP contribution in [0.2, 0.25) is 0 Å². The lowest BCUT2D eigenvalue weighted by Crippen LogP contribution is -2.09. The molecule has 0 aliphatic heterocycles. The van der Waals surface area contributed by atoms with E-state index in [1.54, 1.807) is 6.08 Å². The Labute approximate surface area is 172 Å². The quantitative estimate of drug-likeness (QED) is 0.414. The van der Waals surface area contributed by atoms with E-state index in [1.807, 2.05) is 31.2 Å². The molecule has 0 radical (unpaired) electrons. The van der Waals surface area contributed by atoms with Gasteiger partial charge >= 0.3 is 0 Å². The Bertz CT molecular complexity index is 728. The van der Waals surface area contributed by atoms with Crippen LogP contribution in [0.5, 0.6) is 0 Å². The van der Waals surface area contributed by atoms with Crippen molar-refractivity contribution in [2.75, 3.05) is 0 Å². The monoisotopic (exact) mass is 380 g/mol. The first-order valence-corrected chi connectivity index (χ1v) is 10.6. The van der Waals surface area contributed by atoms with Gasteiger partial charge in [-0.25, -0.2) is 4.39 Å². The van der Waals surface area contributed by atoms with Crippen LogP contribution in [0.1, 0.15) is 71.4 Å². The number of allylic oxidation sites excluding steroid dienone is 8. The van der Waals surface area contributed by atoms with E-state index in [1.165, 1.54) is 6.42 Å². The maximum atomic E-state index is 13.7. The minimum Gasteiger partial charge on any atom is -0.212 e. The molecule has 1 aliphatic carbocycles. The number of rotatable bonds is 7. The van der Waals surface area contributed by atoms with E-state index in [9.17, 15) is 4.39 Å². The van der Waals surface area contributed by atoms with Crippen LogP contribution < -0.4 is 0 Å². The average Bonchev–Trinajstić information content (AvgIpc) is 2.69. The van der Waals surface area contributed by atoms with E-state index in [4.69, 9.17) is 0 Å². The second-order valence-corrected chi connectivity index (χ2v) is 7.62. The van der Waals surface area contributed by atoms with Gasteiger partial charge < -0.3 is 0 Å². The van der Waals surface area contributed by atoms with Crippen molar-refractivity contribution in [1.29, 1.82) is 0 Å². The Hall–Kier alpha value is -2.15. The number of hydrogen-bond donors (Lipinski definition) is 0. The van der Waals surface area contributed by atoms with Crippen LogP contribution in [-0.4, -0.2) is 0 Å². The summed E-state index contributed by atoms with van der Waals surface area (Å²) in [6.07, 6.45) is 15.5. The number of benzene rings is 1. The Morgan fingerprint density at radius 3 is 2.46 bits per heavy atom. The highest BCUT2D eigenvalue weighted by atomic mass is 19.1. The predicted octanol–water partition coefficient (Wildman–Crippen LogP) is 8.94. The summed E-state index contributed by atoms with van der Waals surface area (Å²) in [6, 6.07) is 8.24. The minimum absolute atomic E-state index is 0.0433. The van der Waals surface area contributed by atoms with Gasteiger partial charge in [-0.1, -0.05) is 95.3 Å². The smallest absolute Gasteiger partial charge is 0.101 e. The molecule has 1 aromatic carbocycles. The van der Waals surface area contributed by atoms with Crippen molar-refractivity contribution >= 4 is 11.6 Å². The molecule has 0 amide bonds. The van der Waals surface area contributed by atoms with Gasteiger partial charge in [0.05, 0.1) is 0 Å². The van der Waals surface area contributed by atoms with Gasteiger partial charge in [0, 0.05) is 6.42 Å². The van der Waals surface area contributed by atoms with Crippen LogP contribution in [0.15, 0.2) is 72.6 Å². The van der Waals surface area contributed by atoms with Gasteiger partial charge in [-0.05, 0) is 60.0 Å². The van der Waals surface area contributed by atoms with Gasteiger partial charge in [-0.2, -0.15) is 0 Å². The fourth-order valence-electron chi connectivity index (χ4n) is 2.97. The van der Waals surface area contributed by atoms with Gasteiger partial charge in [-0.3, -0.25) is 0 Å². The first-order chi connectivity index (χ1) is 13.4. The Kier molecular flexibility index (Phi) is 11.2. The molecule has 0 heterocycles. The lowest BCUT2D eigenvalue weighted by molar-refractivity contribution is 0.506. The summed E-state index contributed by atoms with van der Waals surface area (Å²) >= 11 is 0. The van der Waals surface area contributed by atoms with Crippen LogP contribution in [0.3, 0.4) is 0 Å². The Morgan fingerprint density at radius 1 is 1.18 bits per heavy atom. The van der Waals surface area contributed by atoms with Crippen LogP contribution in [0, 0.1) is 11.8 Å². The molecule has 1 aromatic rings. The molecule has 0 saturated carbocycles. The molecule has 0 saturated heterocycles. The van der Waals surface area contributed by atoms with Gasteiger partial charge in [0.15, 0.2) is 0 Å². The zero-order chi connectivity index (χ0) is 20.9. The highest BCUT2D eigenvalue weighted by molar-refractivity contribution is 5.83. The fourth-order valence-corrected chi connectivity index (χ4v) is 2.97. The SMILES string of the molecule is C=C(C1=CC=C(F)CC1CC=CCC)c1ccccc1/C=C\C.CCC(C)C. The lowest BCUT2D eigenvalue weighted by atomic mass is 9.81. The molecule has 0 fully saturated rings. The standard InChI is InChI=1S/C22H25F.C5H12/c1-4-6-7-12-19-16-20(23)14-15-22(19)17(3)21-13-9-8-11-18(21)10-5-2;1-4-5(2)3/h5-11,13-15,19H,3-4,12,16H2,1-2H3;5H,4H2,1-3H3/b7-6?,10-5-;. The van der Waals surface area contributed by atoms with E-state index in [2.05, 4.69) is 64.6 Å². The Balaban J connectivity index is 0.000000696. The van der Waals surface area contributed by atoms with Gasteiger partial charge in [-0.15, -0.1) is 0 Å². The maximum Gasteiger partial charge on any atom is 0.101 e. The summed E-state index contributed by atoms with van der Waals surface area (Å²) in [5.41, 5.74) is 4.41. The zero-order valence-corrected chi connectivity index (χ0v) is 18.3. The molecule has 0 nitrogen and oxygen atoms in total. The van der Waals surface area contributed by atoms with E-state index < -0.39 is 0 Å². The van der Waals surface area contributed by atoms with Crippen LogP contribution in [0.25, 0.3) is 11.6 Å². The van der Waals surface area contributed by atoms with Crippen molar-refractivity contribution in [3.05, 3.63) is 83.8 Å². The maximum absolute atomic E-state index is 13.7. The highest BCUT2D eigenvalue weighted by Gasteiger charge is 2.22. The predicted molar refractivity (Wildman–Crippen MR) is 125 cm³/mol. The summed E-state index contributed by atoms with van der Waals surface area (Å²) in [6.45, 7) is 15.1. The van der Waals surface area contributed by atoms with Crippen molar-refractivity contribution in [3.63, 3.8) is 0 Å². The molecule has 152 valence electrons.